The van der Waals surface area contributed by atoms with E-state index in [-0.39, 0.29) is 192 Å². The highest BCUT2D eigenvalue weighted by Gasteiger charge is 2.45. The highest BCUT2D eigenvalue weighted by atomic mass is 32.1. The van der Waals surface area contributed by atoms with E-state index >= 15 is 0 Å². The molecule has 47 nitrogen and oxygen atoms in total. The predicted octanol–water partition coefficient (Wildman–Crippen LogP) is 6.98. The Hall–Kier alpha value is -14.8. The highest BCUT2D eigenvalue weighted by molar-refractivity contribution is 7.14. The lowest BCUT2D eigenvalue weighted by atomic mass is 9.64. The molecule has 57 heteroatoms. The predicted molar refractivity (Wildman–Crippen MR) is 515 cm³/mol. The molecular formula is C85H91B5FN17O30S4. The van der Waals surface area contributed by atoms with Gasteiger partial charge in [-0.15, -0.1) is 55.5 Å². The topological polar surface area (TPSA) is 742 Å². The summed E-state index contributed by atoms with van der Waals surface area (Å²) >= 11 is 4.67. The Balaban J connectivity index is 0.000000170. The monoisotopic (exact) mass is 2030 g/mol. The third kappa shape index (κ3) is 27.9. The number of fused-ring (bicyclic) bond motifs is 5. The number of tetrazole rings is 1. The van der Waals surface area contributed by atoms with Crippen LogP contribution in [0.25, 0.3) is 0 Å². The van der Waals surface area contributed by atoms with Crippen LogP contribution in [0.1, 0.15) is 174 Å². The van der Waals surface area contributed by atoms with E-state index in [0.717, 1.165) is 23.3 Å². The van der Waals surface area contributed by atoms with E-state index in [1.807, 2.05) is 20.8 Å². The Labute approximate surface area is 822 Å². The molecule has 15 rings (SSSR count). The Kier molecular flexibility index (Phi) is 38.5. The third-order valence-corrected chi connectivity index (χ3v) is 24.6. The summed E-state index contributed by atoms with van der Waals surface area (Å²) in [5.74, 6) is -9.48. The molecule has 20 N–H and O–H groups in total. The van der Waals surface area contributed by atoms with Gasteiger partial charge in [-0.05, 0) is 115 Å². The molecule has 5 aliphatic heterocycles. The minimum Gasteiger partial charge on any atom is -0.535 e. The molecule has 10 heterocycles. The number of carbonyl (C=O) groups excluding carboxylic acids is 6. The molecule has 5 aromatic carbocycles. The standard InChI is InChI=1S/C19H22BN3O6S.C18H20BN3O6S.C17H17BFN3O6S.C17H18BN3O7S.C14H14BN5O5/c1-10(2)8-28-23-16(14-9-30-19(21)22-14)15(24)7-12-6-11-4-3-5-13(18(25)26)17(11)29-20(12)27;1-2-6-27-22-15(13-9-29-18(20)21-13)14(23)8-11-7-10-4-3-5-12(17(24)25)16(10)28-19(11)26;19-4-5-20-17-21-12(8-29-17)14(22-27)13(23)7-10-6-9-2-1-3-11(16(24)25)15(9)28-18(10)26;22-5-4-19-17-20-12(8-29-17)14(21-27)13(23)7-10-6-9-2-1-3-11(16(24)25)15(9)28-18(10)26;1-7(21)10-4-2-3-8-5-9(15(23)25-13(8)10)6-11(22)12(18-24)14-16-19-20-17-14/h3-5,9-10,12,27H,6-8H2,1-2H3,(H2,21,22)(H,25,26);3-5,9,11,26H,2,6-8H2,1H3,(H2,20,21)(H,24,25);1-3,8,10,26-27H,4-7H2,(H,20,21)(H,24,25);1-3,8,10,22,26-27H,4-7H2,(H,19,20)(H,24,25);2-4,9,23-24H,5-6H2,1H3,(H,16,17,19,20)/b23-16-;22-15-;22-14-;21-14-;18-12-/t12-;11-;2*10-;9-/m11111/s1. The van der Waals surface area contributed by atoms with Crippen LogP contribution in [0.3, 0.4) is 0 Å². The summed E-state index contributed by atoms with van der Waals surface area (Å²) in [5, 5.41) is 168. The van der Waals surface area contributed by atoms with Crippen molar-refractivity contribution in [3.8, 4) is 28.7 Å². The fraction of sp³-hybridized carbons (Fsp3) is 0.318. The molecule has 5 atom stereocenters. The Bertz CT molecular complexity index is 6260. The van der Waals surface area contributed by atoms with Gasteiger partial charge in [-0.25, -0.2) is 43.5 Å². The number of hydrogen-bond donors (Lipinski definition) is 18. The molecule has 10 aromatic rings. The number of aliphatic hydroxyl groups excluding tert-OH is 1. The van der Waals surface area contributed by atoms with Crippen LogP contribution in [0.15, 0.2) is 138 Å². The molecule has 5 aromatic heterocycles. The fourth-order valence-corrected chi connectivity index (χ4v) is 17.4. The molecule has 142 heavy (non-hydrogen) atoms. The third-order valence-electron chi connectivity index (χ3n) is 21.6. The van der Waals surface area contributed by atoms with Crippen molar-refractivity contribution in [1.82, 2.24) is 40.6 Å². The Morgan fingerprint density at radius 3 is 1.06 bits per heavy atom. The number of aromatic carboxylic acids is 4. The van der Waals surface area contributed by atoms with Crippen LogP contribution in [0.4, 0.5) is 24.9 Å². The van der Waals surface area contributed by atoms with Gasteiger partial charge in [-0.2, -0.15) is 5.21 Å². The van der Waals surface area contributed by atoms with Crippen molar-refractivity contribution in [3.05, 3.63) is 197 Å². The van der Waals surface area contributed by atoms with Crippen LogP contribution >= 0.6 is 45.3 Å². The summed E-state index contributed by atoms with van der Waals surface area (Å²) in [5.41, 5.74) is 14.7. The highest BCUT2D eigenvalue weighted by Crippen LogP contribution is 2.43. The average molecular weight is 2030 g/mol. The van der Waals surface area contributed by atoms with Gasteiger partial charge in [0, 0.05) is 95.8 Å². The molecule has 5 aliphatic rings. The first-order chi connectivity index (χ1) is 68.0. The molecular weight excluding hydrogens is 1940 g/mol. The molecule has 0 spiro atoms. The maximum absolute atomic E-state index is 13.0. The Morgan fingerprint density at radius 2 is 0.775 bits per heavy atom. The van der Waals surface area contributed by atoms with Crippen LogP contribution in [0.5, 0.6) is 28.7 Å². The number of nitrogens with one attached hydrogen (secondary N) is 3. The number of ketones is 6. The molecule has 0 aliphatic carbocycles. The molecule has 0 radical (unpaired) electrons. The summed E-state index contributed by atoms with van der Waals surface area (Å²) in [4.78, 5) is 147. The van der Waals surface area contributed by atoms with Crippen molar-refractivity contribution in [2.75, 3.05) is 61.7 Å². The number of nitrogens with two attached hydrogens (primary N) is 2. The van der Waals surface area contributed by atoms with E-state index in [1.165, 1.54) is 76.0 Å². The van der Waals surface area contributed by atoms with Crippen molar-refractivity contribution in [2.45, 2.75) is 127 Å². The van der Waals surface area contributed by atoms with Crippen molar-refractivity contribution in [3.63, 3.8) is 0 Å². The van der Waals surface area contributed by atoms with Crippen LogP contribution in [0, 0.1) is 5.92 Å². The lowest BCUT2D eigenvalue weighted by Crippen LogP contribution is -2.37. The lowest BCUT2D eigenvalue weighted by molar-refractivity contribution is -0.114. The van der Waals surface area contributed by atoms with Gasteiger partial charge in [0.05, 0.1) is 34.4 Å². The summed E-state index contributed by atoms with van der Waals surface area (Å²) < 4.78 is 39.4. The van der Waals surface area contributed by atoms with Gasteiger partial charge in [-0.1, -0.05) is 107 Å². The maximum atomic E-state index is 13.0. The minimum absolute atomic E-state index is 0.0282. The fourth-order valence-electron chi connectivity index (χ4n) is 14.9. The van der Waals surface area contributed by atoms with E-state index in [9.17, 15) is 108 Å². The number of carboxylic acid groups (broad SMARTS) is 4. The number of nitrogens with zero attached hydrogens (tertiary/aromatic N) is 12. The number of carboxylic acids is 4. The molecule has 0 unspecified atom stereocenters. The first-order valence-electron chi connectivity index (χ1n) is 43.3. The number of para-hydroxylation sites is 5. The zero-order valence-electron chi connectivity index (χ0n) is 75.6. The van der Waals surface area contributed by atoms with Gasteiger partial charge in [-0.3, -0.25) is 28.8 Å². The molecule has 742 valence electrons. The number of thiazole rings is 4. The number of aliphatic hydroxyl groups is 1. The number of hydrogen-bond acceptors (Lipinski definition) is 46. The number of Topliss-reactive ketones (excluding diaryl/α,β-unsaturated/α-hetero) is 6. The summed E-state index contributed by atoms with van der Waals surface area (Å²) in [6, 6.07) is 23.8. The zero-order valence-corrected chi connectivity index (χ0v) is 78.9. The summed E-state index contributed by atoms with van der Waals surface area (Å²) in [6.07, 6.45) is 1.34. The van der Waals surface area contributed by atoms with Gasteiger partial charge in [0.15, 0.2) is 83.8 Å². The number of alkyl halides is 1. The second kappa shape index (κ2) is 50.8. The zero-order chi connectivity index (χ0) is 103. The number of nitrogen functional groups attached to an aromatic ring is 2. The lowest BCUT2D eigenvalue weighted by Gasteiger charge is -2.28. The number of rotatable bonds is 37. The maximum Gasteiger partial charge on any atom is 0.526 e. The summed E-state index contributed by atoms with van der Waals surface area (Å²) in [7, 11) is -6.72. The second-order valence-electron chi connectivity index (χ2n) is 32.2. The number of carbonyl (C=O) groups is 10. The molecule has 0 bridgehead atoms. The molecule has 0 saturated heterocycles. The van der Waals surface area contributed by atoms with E-state index in [4.69, 9.17) is 54.7 Å². The molecule has 0 amide bonds. The van der Waals surface area contributed by atoms with Crippen molar-refractivity contribution >= 4 is 189 Å². The number of halogens is 1. The van der Waals surface area contributed by atoms with E-state index in [2.05, 4.69) is 77.0 Å². The van der Waals surface area contributed by atoms with Gasteiger partial charge >= 0.3 is 59.5 Å². The average Bonchev–Trinajstić information content (AvgIpc) is 0.973. The normalized spacial score (nSPS) is 16.3. The number of H-pyrrole nitrogens is 1. The first-order valence-corrected chi connectivity index (χ1v) is 46.8. The van der Waals surface area contributed by atoms with Gasteiger partial charge in [0.25, 0.3) is 0 Å². The second-order valence-corrected chi connectivity index (χ2v) is 35.7. The summed E-state index contributed by atoms with van der Waals surface area (Å²) in [6.45, 7) is 7.59. The van der Waals surface area contributed by atoms with Crippen molar-refractivity contribution in [1.29, 1.82) is 0 Å². The number of oxime groups is 5. The number of benzene rings is 5. The van der Waals surface area contributed by atoms with Gasteiger partial charge < -0.3 is 121 Å². The van der Waals surface area contributed by atoms with Crippen LogP contribution in [-0.2, 0) is 65.8 Å². The first kappa shape index (κ1) is 108. The van der Waals surface area contributed by atoms with E-state index in [0.29, 0.717) is 85.1 Å². The van der Waals surface area contributed by atoms with Crippen molar-refractivity contribution in [2.24, 2.45) is 31.7 Å². The van der Waals surface area contributed by atoms with E-state index in [1.54, 1.807) is 77.5 Å². The number of anilines is 4. The van der Waals surface area contributed by atoms with Crippen molar-refractivity contribution < 1.29 is 152 Å². The van der Waals surface area contributed by atoms with Gasteiger partial charge in [0.2, 0.25) is 5.82 Å². The van der Waals surface area contributed by atoms with Gasteiger partial charge in [0.1, 0.15) is 71.4 Å². The van der Waals surface area contributed by atoms with Crippen LogP contribution in [0.2, 0.25) is 29.1 Å². The quantitative estimate of drug-likeness (QED) is 0.00466. The number of aromatic nitrogens is 8. The minimum atomic E-state index is -1.40. The molecule has 0 saturated carbocycles. The smallest absolute Gasteiger partial charge is 0.526 e. The number of aromatic amines is 1. The largest absolute Gasteiger partial charge is 0.535 e. The SMILES string of the molecule is CC(=O)c1cccc2c1OB(O)[C@@H](CC(=O)/C(=N/O)c1nn[nH]n1)C2.CC(C)CO/N=C(\C(=O)C[C@H]1Cc2cccc(C(=O)O)c2OB1O)c1csc(N)n1.CCCO/N=C(\C(=O)C[C@H]1Cc2cccc(C(=O)O)c2OB1O)c1csc(N)n1.O=C(C[C@H]1Cc2cccc(C(=O)O)c2OB1O)/C(=N\O)c1csc(NCCF)n1.O=C(C[C@H]1Cc2cccc(C(=O)O)c2OB1O)/C(=N\O)c1csc(NCCO)n1. The Morgan fingerprint density at radius 1 is 0.465 bits per heavy atom. The molecule has 0 fully saturated rings. The van der Waals surface area contributed by atoms with Crippen LogP contribution < -0.4 is 45.4 Å². The van der Waals surface area contributed by atoms with Crippen LogP contribution in [-0.4, -0.2) is 269 Å². The van der Waals surface area contributed by atoms with E-state index < -0.39 is 113 Å².